The maximum Gasteiger partial charge on any atom is 0.417 e. The highest BCUT2D eigenvalue weighted by atomic mass is 19.4. The summed E-state index contributed by atoms with van der Waals surface area (Å²) in [5, 5.41) is 0. The molecule has 0 spiro atoms. The number of halogens is 3. The van der Waals surface area contributed by atoms with Crippen LogP contribution in [0.15, 0.2) is 18.2 Å². The van der Waals surface area contributed by atoms with Crippen molar-refractivity contribution in [2.45, 2.75) is 50.5 Å². The number of ether oxygens (including phenoxy) is 2. The third-order valence-electron chi connectivity index (χ3n) is 4.06. The topological polar surface area (TPSA) is 21.8 Å². The lowest BCUT2D eigenvalue weighted by Crippen LogP contribution is -2.25. The summed E-state index contributed by atoms with van der Waals surface area (Å²) in [5.41, 5.74) is 1.71. The van der Waals surface area contributed by atoms with Crippen LogP contribution in [0.3, 0.4) is 0 Å². The fourth-order valence-corrected chi connectivity index (χ4v) is 2.95. The Labute approximate surface area is 115 Å². The molecule has 2 aliphatic rings. The molecule has 2 heterocycles. The second kappa shape index (κ2) is 4.38. The van der Waals surface area contributed by atoms with Crippen molar-refractivity contribution >= 4 is 0 Å². The van der Waals surface area contributed by atoms with Crippen molar-refractivity contribution in [2.75, 3.05) is 6.61 Å². The molecule has 0 amide bonds. The molecule has 2 atom stereocenters. The van der Waals surface area contributed by atoms with E-state index < -0.39 is 23.8 Å². The first-order valence-corrected chi connectivity index (χ1v) is 6.76. The Balaban J connectivity index is 1.78. The highest BCUT2D eigenvalue weighted by molar-refractivity contribution is 5.47. The van der Waals surface area contributed by atoms with Gasteiger partial charge in [0.1, 0.15) is 5.75 Å². The summed E-state index contributed by atoms with van der Waals surface area (Å²) in [6, 6.07) is 5.89. The lowest BCUT2D eigenvalue weighted by atomic mass is 9.79. The van der Waals surface area contributed by atoms with Crippen molar-refractivity contribution in [2.24, 2.45) is 0 Å². The third kappa shape index (κ3) is 2.39. The van der Waals surface area contributed by atoms with Gasteiger partial charge in [-0.15, -0.1) is 0 Å². The Hall–Kier alpha value is -1.23. The van der Waals surface area contributed by atoms with E-state index in [1.165, 1.54) is 0 Å². The van der Waals surface area contributed by atoms with Gasteiger partial charge in [0.25, 0.3) is 0 Å². The number of hydrogen-bond acceptors (Lipinski definition) is 2. The Morgan fingerprint density at radius 3 is 2.65 bits per heavy atom. The molecule has 2 nitrogen and oxygen atoms in total. The SMILES string of the molecule is CC(C)(CC1OC1C(F)(F)F)c1cccc2c1OCC2. The molecule has 1 saturated heterocycles. The van der Waals surface area contributed by atoms with E-state index in [1.807, 2.05) is 32.0 Å². The van der Waals surface area contributed by atoms with Crippen molar-refractivity contribution in [3.63, 3.8) is 0 Å². The molecular formula is C15H17F3O2. The van der Waals surface area contributed by atoms with E-state index in [9.17, 15) is 13.2 Å². The Morgan fingerprint density at radius 2 is 2.00 bits per heavy atom. The zero-order valence-corrected chi connectivity index (χ0v) is 11.5. The lowest BCUT2D eigenvalue weighted by Gasteiger charge is -2.26. The van der Waals surface area contributed by atoms with Gasteiger partial charge >= 0.3 is 6.18 Å². The average Bonchev–Trinajstić information content (AvgIpc) is 2.94. The molecule has 1 aromatic rings. The van der Waals surface area contributed by atoms with E-state index in [0.717, 1.165) is 23.3 Å². The Morgan fingerprint density at radius 1 is 1.25 bits per heavy atom. The van der Waals surface area contributed by atoms with E-state index in [2.05, 4.69) is 0 Å². The quantitative estimate of drug-likeness (QED) is 0.792. The number of fused-ring (bicyclic) bond motifs is 1. The van der Waals surface area contributed by atoms with Crippen LogP contribution in [0.5, 0.6) is 5.75 Å². The molecule has 2 unspecified atom stereocenters. The minimum Gasteiger partial charge on any atom is -0.493 e. The summed E-state index contributed by atoms with van der Waals surface area (Å²) in [4.78, 5) is 0. The Kier molecular flexibility index (Phi) is 3.01. The van der Waals surface area contributed by atoms with Gasteiger partial charge in [-0.05, 0) is 17.4 Å². The van der Waals surface area contributed by atoms with Gasteiger partial charge in [0.05, 0.1) is 12.7 Å². The van der Waals surface area contributed by atoms with Crippen LogP contribution in [-0.4, -0.2) is 25.0 Å². The zero-order chi connectivity index (χ0) is 14.5. The monoisotopic (exact) mass is 286 g/mol. The van der Waals surface area contributed by atoms with Crippen LogP contribution in [0.4, 0.5) is 13.2 Å². The van der Waals surface area contributed by atoms with Gasteiger partial charge in [0.2, 0.25) is 0 Å². The molecule has 0 N–H and O–H groups in total. The fourth-order valence-electron chi connectivity index (χ4n) is 2.95. The molecule has 1 aromatic carbocycles. The molecule has 2 aliphatic heterocycles. The predicted octanol–water partition coefficient (Wildman–Crippen LogP) is 3.62. The van der Waals surface area contributed by atoms with E-state index in [4.69, 9.17) is 9.47 Å². The second-order valence-electron chi connectivity index (χ2n) is 6.12. The van der Waals surface area contributed by atoms with Crippen LogP contribution in [0, 0.1) is 0 Å². The number of epoxide rings is 1. The summed E-state index contributed by atoms with van der Waals surface area (Å²) in [5.74, 6) is 0.849. The van der Waals surface area contributed by atoms with Crippen LogP contribution < -0.4 is 4.74 Å². The summed E-state index contributed by atoms with van der Waals surface area (Å²) >= 11 is 0. The van der Waals surface area contributed by atoms with Crippen molar-refractivity contribution in [1.82, 2.24) is 0 Å². The van der Waals surface area contributed by atoms with Crippen molar-refractivity contribution in [3.05, 3.63) is 29.3 Å². The number of rotatable bonds is 3. The van der Waals surface area contributed by atoms with Gasteiger partial charge < -0.3 is 9.47 Å². The summed E-state index contributed by atoms with van der Waals surface area (Å²) in [6.07, 6.45) is -5.38. The van der Waals surface area contributed by atoms with E-state index >= 15 is 0 Å². The molecular weight excluding hydrogens is 269 g/mol. The fraction of sp³-hybridized carbons (Fsp3) is 0.600. The lowest BCUT2D eigenvalue weighted by molar-refractivity contribution is -0.146. The molecule has 5 heteroatoms. The minimum atomic E-state index is -4.25. The molecule has 20 heavy (non-hydrogen) atoms. The van der Waals surface area contributed by atoms with E-state index in [-0.39, 0.29) is 0 Å². The van der Waals surface area contributed by atoms with Gasteiger partial charge in [-0.3, -0.25) is 0 Å². The number of alkyl halides is 3. The third-order valence-corrected chi connectivity index (χ3v) is 4.06. The average molecular weight is 286 g/mol. The largest absolute Gasteiger partial charge is 0.493 e. The highest BCUT2D eigenvalue weighted by Crippen LogP contribution is 2.46. The molecule has 0 radical (unpaired) electrons. The van der Waals surface area contributed by atoms with Crippen LogP contribution in [0.25, 0.3) is 0 Å². The van der Waals surface area contributed by atoms with Crippen molar-refractivity contribution in [1.29, 1.82) is 0 Å². The van der Waals surface area contributed by atoms with Crippen LogP contribution in [-0.2, 0) is 16.6 Å². The first-order chi connectivity index (χ1) is 9.29. The number of para-hydroxylation sites is 1. The number of benzene rings is 1. The van der Waals surface area contributed by atoms with Gasteiger partial charge in [-0.1, -0.05) is 32.0 Å². The molecule has 0 bridgehead atoms. The molecule has 1 fully saturated rings. The van der Waals surface area contributed by atoms with Gasteiger partial charge in [0.15, 0.2) is 6.10 Å². The summed E-state index contributed by atoms with van der Waals surface area (Å²) < 4.78 is 48.1. The molecule has 0 aromatic heterocycles. The van der Waals surface area contributed by atoms with Gasteiger partial charge in [-0.2, -0.15) is 13.2 Å². The summed E-state index contributed by atoms with van der Waals surface area (Å²) in [6.45, 7) is 4.53. The molecule has 0 aliphatic carbocycles. The predicted molar refractivity (Wildman–Crippen MR) is 68.0 cm³/mol. The first kappa shape index (κ1) is 13.7. The van der Waals surface area contributed by atoms with Crippen LogP contribution in [0.1, 0.15) is 31.4 Å². The van der Waals surface area contributed by atoms with Crippen LogP contribution in [0.2, 0.25) is 0 Å². The normalized spacial score (nSPS) is 25.2. The molecule has 110 valence electrons. The maximum atomic E-state index is 12.5. The van der Waals surface area contributed by atoms with E-state index in [1.54, 1.807) is 0 Å². The first-order valence-electron chi connectivity index (χ1n) is 6.76. The van der Waals surface area contributed by atoms with Gasteiger partial charge in [0, 0.05) is 12.0 Å². The smallest absolute Gasteiger partial charge is 0.417 e. The maximum absolute atomic E-state index is 12.5. The summed E-state index contributed by atoms with van der Waals surface area (Å²) in [7, 11) is 0. The number of hydrogen-bond donors (Lipinski definition) is 0. The van der Waals surface area contributed by atoms with E-state index in [0.29, 0.717) is 13.0 Å². The zero-order valence-electron chi connectivity index (χ0n) is 11.5. The highest BCUT2D eigenvalue weighted by Gasteiger charge is 2.59. The molecule has 3 rings (SSSR count). The standard InChI is InChI=1S/C15H17F3O2/c1-14(2,8-11-13(20-11)15(16,17)18)10-5-3-4-9-6-7-19-12(9)10/h3-5,11,13H,6-8H2,1-2H3. The van der Waals surface area contributed by atoms with Gasteiger partial charge in [-0.25, -0.2) is 0 Å². The molecule has 0 saturated carbocycles. The Bertz CT molecular complexity index is 522. The second-order valence-corrected chi connectivity index (χ2v) is 6.12. The minimum absolute atomic E-state index is 0.344. The van der Waals surface area contributed by atoms with Crippen molar-refractivity contribution < 1.29 is 22.6 Å². The van der Waals surface area contributed by atoms with Crippen molar-refractivity contribution in [3.8, 4) is 5.75 Å². The van der Waals surface area contributed by atoms with Crippen LogP contribution >= 0.6 is 0 Å².